The second-order valence-corrected chi connectivity index (χ2v) is 6.22. The van der Waals surface area contributed by atoms with Crippen LogP contribution >= 0.6 is 0 Å². The van der Waals surface area contributed by atoms with E-state index in [1.54, 1.807) is 0 Å². The predicted molar refractivity (Wildman–Crippen MR) is 72.7 cm³/mol. The van der Waals surface area contributed by atoms with Crippen LogP contribution in [0.25, 0.3) is 0 Å². The molecule has 0 N–H and O–H groups in total. The molecule has 0 bridgehead atoms. The smallest absolute Gasteiger partial charge is 0.188 e. The van der Waals surface area contributed by atoms with Gasteiger partial charge in [0.1, 0.15) is 0 Å². The summed E-state index contributed by atoms with van der Waals surface area (Å²) >= 11 is 0. The van der Waals surface area contributed by atoms with Crippen LogP contribution in [-0.2, 0) is 9.47 Å². The highest BCUT2D eigenvalue weighted by Crippen LogP contribution is 2.62. The second kappa shape index (κ2) is 4.05. The molecule has 3 fully saturated rings. The molecule has 0 aromatic heterocycles. The third-order valence-electron chi connectivity index (χ3n) is 5.16. The van der Waals surface area contributed by atoms with Gasteiger partial charge in [-0.2, -0.15) is 0 Å². The number of ether oxygens (including phenoxy) is 2. The van der Waals surface area contributed by atoms with Crippen LogP contribution in [0.15, 0.2) is 30.3 Å². The van der Waals surface area contributed by atoms with Gasteiger partial charge in [-0.25, -0.2) is 0 Å². The summed E-state index contributed by atoms with van der Waals surface area (Å²) in [5, 5.41) is 0. The van der Waals surface area contributed by atoms with Crippen LogP contribution in [0.3, 0.4) is 0 Å². The second-order valence-electron chi connectivity index (χ2n) is 6.22. The highest BCUT2D eigenvalue weighted by atomic mass is 16.7. The summed E-state index contributed by atoms with van der Waals surface area (Å²) in [6, 6.07) is 11.2. The number of fused-ring (bicyclic) bond motifs is 1. The first-order valence-electron chi connectivity index (χ1n) is 7.32. The molecule has 3 heteroatoms. The normalized spacial score (nSPS) is 29.1. The van der Waals surface area contributed by atoms with Crippen LogP contribution < -0.4 is 0 Å². The van der Waals surface area contributed by atoms with E-state index in [0.717, 1.165) is 26.3 Å². The first-order valence-corrected chi connectivity index (χ1v) is 7.32. The van der Waals surface area contributed by atoms with Crippen LogP contribution in [0.4, 0.5) is 0 Å². The minimum atomic E-state index is -0.296. The molecule has 2 spiro atoms. The first kappa shape index (κ1) is 11.9. The summed E-state index contributed by atoms with van der Waals surface area (Å²) in [6.45, 7) is 5.84. The predicted octanol–water partition coefficient (Wildman–Crippen LogP) is 2.59. The average molecular weight is 259 g/mol. The molecule has 2 saturated heterocycles. The minimum Gasteiger partial charge on any atom is -0.346 e. The van der Waals surface area contributed by atoms with Gasteiger partial charge in [0.15, 0.2) is 5.79 Å². The molecule has 1 saturated carbocycles. The summed E-state index contributed by atoms with van der Waals surface area (Å²) in [4.78, 5) is 2.54. The standard InChI is InChI=1S/C16H21NO2/c1-13(14-5-3-2-4-6-14)17-11-15(7-8-15)16(12-17)18-9-10-19-16/h2-6,13H,7-12H2,1H3/t13-/m1/s1. The van der Waals surface area contributed by atoms with Crippen molar-refractivity contribution in [1.29, 1.82) is 0 Å². The molecule has 3 nitrogen and oxygen atoms in total. The Hall–Kier alpha value is -0.900. The number of hydrogen-bond donors (Lipinski definition) is 0. The Bertz CT molecular complexity index is 463. The lowest BCUT2D eigenvalue weighted by Crippen LogP contribution is -2.40. The van der Waals surface area contributed by atoms with Crippen molar-refractivity contribution in [3.8, 4) is 0 Å². The fourth-order valence-corrected chi connectivity index (χ4v) is 3.76. The third kappa shape index (κ3) is 1.69. The van der Waals surface area contributed by atoms with Crippen LogP contribution in [0.2, 0.25) is 0 Å². The fourth-order valence-electron chi connectivity index (χ4n) is 3.76. The number of nitrogens with zero attached hydrogens (tertiary/aromatic N) is 1. The van der Waals surface area contributed by atoms with Crippen molar-refractivity contribution in [2.75, 3.05) is 26.3 Å². The van der Waals surface area contributed by atoms with Crippen molar-refractivity contribution in [1.82, 2.24) is 4.90 Å². The summed E-state index contributed by atoms with van der Waals surface area (Å²) in [5.41, 5.74) is 1.67. The topological polar surface area (TPSA) is 21.7 Å². The maximum atomic E-state index is 6.03. The Morgan fingerprint density at radius 1 is 1.05 bits per heavy atom. The van der Waals surface area contributed by atoms with E-state index in [1.807, 2.05) is 0 Å². The average Bonchev–Trinajstić information content (AvgIpc) is 2.97. The molecule has 1 aromatic rings. The van der Waals surface area contributed by atoms with E-state index in [0.29, 0.717) is 6.04 Å². The van der Waals surface area contributed by atoms with Gasteiger partial charge >= 0.3 is 0 Å². The van der Waals surface area contributed by atoms with Crippen molar-refractivity contribution in [2.45, 2.75) is 31.6 Å². The van der Waals surface area contributed by atoms with Crippen LogP contribution in [0, 0.1) is 5.41 Å². The number of benzene rings is 1. The monoisotopic (exact) mass is 259 g/mol. The Kier molecular flexibility index (Phi) is 2.53. The van der Waals surface area contributed by atoms with Gasteiger partial charge in [-0.1, -0.05) is 30.3 Å². The largest absolute Gasteiger partial charge is 0.346 e. The molecule has 0 unspecified atom stereocenters. The number of hydrogen-bond acceptors (Lipinski definition) is 3. The number of likely N-dealkylation sites (tertiary alicyclic amines) is 1. The van der Waals surface area contributed by atoms with Crippen LogP contribution in [-0.4, -0.2) is 37.0 Å². The maximum absolute atomic E-state index is 6.03. The quantitative estimate of drug-likeness (QED) is 0.815. The molecule has 3 aliphatic rings. The van der Waals surface area contributed by atoms with Crippen molar-refractivity contribution < 1.29 is 9.47 Å². The van der Waals surface area contributed by atoms with Gasteiger partial charge in [0.05, 0.1) is 19.8 Å². The molecular formula is C16H21NO2. The third-order valence-corrected chi connectivity index (χ3v) is 5.16. The molecular weight excluding hydrogens is 238 g/mol. The van der Waals surface area contributed by atoms with Crippen molar-refractivity contribution in [2.24, 2.45) is 5.41 Å². The lowest BCUT2D eigenvalue weighted by atomic mass is 9.99. The molecule has 0 radical (unpaired) electrons. The lowest BCUT2D eigenvalue weighted by Gasteiger charge is -2.29. The minimum absolute atomic E-state index is 0.284. The molecule has 2 heterocycles. The zero-order valence-corrected chi connectivity index (χ0v) is 11.5. The van der Waals surface area contributed by atoms with Gasteiger partial charge in [-0.3, -0.25) is 4.90 Å². The van der Waals surface area contributed by atoms with Gasteiger partial charge in [0, 0.05) is 18.0 Å². The van der Waals surface area contributed by atoms with Gasteiger partial charge in [0.2, 0.25) is 0 Å². The molecule has 1 aliphatic carbocycles. The zero-order chi connectivity index (χ0) is 12.9. The van der Waals surface area contributed by atoms with E-state index in [1.165, 1.54) is 18.4 Å². The summed E-state index contributed by atoms with van der Waals surface area (Å²) < 4.78 is 12.1. The summed E-state index contributed by atoms with van der Waals surface area (Å²) in [7, 11) is 0. The Morgan fingerprint density at radius 2 is 1.74 bits per heavy atom. The molecule has 102 valence electrons. The van der Waals surface area contributed by atoms with E-state index >= 15 is 0 Å². The van der Waals surface area contributed by atoms with Crippen molar-refractivity contribution in [3.63, 3.8) is 0 Å². The summed E-state index contributed by atoms with van der Waals surface area (Å²) in [6.07, 6.45) is 2.51. The van der Waals surface area contributed by atoms with Crippen molar-refractivity contribution >= 4 is 0 Å². The van der Waals surface area contributed by atoms with Gasteiger partial charge in [-0.05, 0) is 25.3 Å². The van der Waals surface area contributed by atoms with Gasteiger partial charge in [-0.15, -0.1) is 0 Å². The molecule has 0 amide bonds. The van der Waals surface area contributed by atoms with E-state index in [2.05, 4.69) is 42.2 Å². The SMILES string of the molecule is C[C@H](c1ccccc1)N1CC2(CC2)C2(C1)OCCO2. The van der Waals surface area contributed by atoms with E-state index in [4.69, 9.17) is 9.47 Å². The van der Waals surface area contributed by atoms with Crippen LogP contribution in [0.5, 0.6) is 0 Å². The molecule has 19 heavy (non-hydrogen) atoms. The van der Waals surface area contributed by atoms with E-state index in [-0.39, 0.29) is 11.2 Å². The first-order chi connectivity index (χ1) is 9.25. The van der Waals surface area contributed by atoms with Gasteiger partial charge in [0.25, 0.3) is 0 Å². The number of rotatable bonds is 2. The Morgan fingerprint density at radius 3 is 2.37 bits per heavy atom. The molecule has 2 aliphatic heterocycles. The van der Waals surface area contributed by atoms with Crippen LogP contribution in [0.1, 0.15) is 31.4 Å². The van der Waals surface area contributed by atoms with Crippen molar-refractivity contribution in [3.05, 3.63) is 35.9 Å². The lowest BCUT2D eigenvalue weighted by molar-refractivity contribution is -0.182. The maximum Gasteiger partial charge on any atom is 0.188 e. The van der Waals surface area contributed by atoms with Gasteiger partial charge < -0.3 is 9.47 Å². The molecule has 4 rings (SSSR count). The summed E-state index contributed by atoms with van der Waals surface area (Å²) in [5.74, 6) is -0.296. The highest BCUT2D eigenvalue weighted by Gasteiger charge is 2.68. The zero-order valence-electron chi connectivity index (χ0n) is 11.5. The molecule has 1 atom stereocenters. The van der Waals surface area contributed by atoms with E-state index < -0.39 is 0 Å². The highest BCUT2D eigenvalue weighted by molar-refractivity contribution is 5.21. The Labute approximate surface area is 114 Å². The fraction of sp³-hybridized carbons (Fsp3) is 0.625. The Balaban J connectivity index is 1.58. The van der Waals surface area contributed by atoms with E-state index in [9.17, 15) is 0 Å². The molecule has 1 aromatic carbocycles.